The predicted octanol–water partition coefficient (Wildman–Crippen LogP) is 2.77. The first-order valence-corrected chi connectivity index (χ1v) is 7.23. The third kappa shape index (κ3) is 5.06. The Balaban J connectivity index is 1.98. The molecule has 2 rings (SSSR count). The van der Waals surface area contributed by atoms with E-state index >= 15 is 0 Å². The van der Waals surface area contributed by atoms with Crippen LogP contribution < -0.4 is 16.0 Å². The Labute approximate surface area is 134 Å². The number of nitrogens with zero attached hydrogens (tertiary/aromatic N) is 2. The lowest BCUT2D eigenvalue weighted by atomic mass is 10.2. The minimum absolute atomic E-state index is 0.103. The molecule has 1 aromatic carbocycles. The average Bonchev–Trinajstić information content (AvgIpc) is 2.50. The summed E-state index contributed by atoms with van der Waals surface area (Å²) in [5, 5.41) is 16.4. The fourth-order valence-electron chi connectivity index (χ4n) is 1.72. The fraction of sp³-hybridized carbons (Fsp3) is 0.250. The SMILES string of the molecule is CC(=O)Nc1ccc(Nc2ccc(NC(=O)C(C)C)nn2)cc1. The summed E-state index contributed by atoms with van der Waals surface area (Å²) in [6, 6.07) is 10.6. The lowest BCUT2D eigenvalue weighted by Gasteiger charge is -2.08. The molecule has 0 saturated heterocycles. The zero-order valence-corrected chi connectivity index (χ0v) is 13.3. The number of aromatic nitrogens is 2. The van der Waals surface area contributed by atoms with E-state index in [0.717, 1.165) is 11.4 Å². The first-order valence-electron chi connectivity index (χ1n) is 7.23. The van der Waals surface area contributed by atoms with Crippen LogP contribution >= 0.6 is 0 Å². The highest BCUT2D eigenvalue weighted by Gasteiger charge is 2.08. The summed E-state index contributed by atoms with van der Waals surface area (Å²) in [4.78, 5) is 22.5. The minimum Gasteiger partial charge on any atom is -0.339 e. The van der Waals surface area contributed by atoms with E-state index in [0.29, 0.717) is 11.6 Å². The molecule has 0 aliphatic heterocycles. The van der Waals surface area contributed by atoms with E-state index in [-0.39, 0.29) is 17.7 Å². The molecule has 0 radical (unpaired) electrons. The van der Waals surface area contributed by atoms with E-state index in [9.17, 15) is 9.59 Å². The molecule has 0 aliphatic carbocycles. The summed E-state index contributed by atoms with van der Waals surface area (Å²) in [6.07, 6.45) is 0. The second-order valence-corrected chi connectivity index (χ2v) is 5.33. The molecule has 2 aromatic rings. The van der Waals surface area contributed by atoms with Gasteiger partial charge in [0.2, 0.25) is 11.8 Å². The van der Waals surface area contributed by atoms with Gasteiger partial charge in [-0.25, -0.2) is 0 Å². The van der Waals surface area contributed by atoms with Gasteiger partial charge in [0.15, 0.2) is 11.6 Å². The molecular formula is C16H19N5O2. The minimum atomic E-state index is -0.115. The predicted molar refractivity (Wildman–Crippen MR) is 89.5 cm³/mol. The molecular weight excluding hydrogens is 294 g/mol. The van der Waals surface area contributed by atoms with Gasteiger partial charge in [-0.3, -0.25) is 9.59 Å². The summed E-state index contributed by atoms with van der Waals surface area (Å²) in [5.74, 6) is 0.635. The molecule has 7 nitrogen and oxygen atoms in total. The van der Waals surface area contributed by atoms with Crippen LogP contribution in [0.3, 0.4) is 0 Å². The first kappa shape index (κ1) is 16.4. The van der Waals surface area contributed by atoms with E-state index in [4.69, 9.17) is 0 Å². The number of amides is 2. The molecule has 1 aromatic heterocycles. The van der Waals surface area contributed by atoms with E-state index < -0.39 is 0 Å². The van der Waals surface area contributed by atoms with Crippen LogP contribution in [0.25, 0.3) is 0 Å². The quantitative estimate of drug-likeness (QED) is 0.789. The maximum absolute atomic E-state index is 11.6. The first-order chi connectivity index (χ1) is 10.9. The van der Waals surface area contributed by atoms with Crippen molar-refractivity contribution in [3.63, 3.8) is 0 Å². The Morgan fingerprint density at radius 2 is 1.43 bits per heavy atom. The van der Waals surface area contributed by atoms with Crippen molar-refractivity contribution >= 4 is 34.8 Å². The van der Waals surface area contributed by atoms with E-state index in [1.165, 1.54) is 6.92 Å². The standard InChI is InChI=1S/C16H19N5O2/c1-10(2)16(23)19-15-9-8-14(20-21-15)18-13-6-4-12(5-7-13)17-11(3)22/h4-10H,1-3H3,(H,17,22)(H,18,20)(H,19,21,23). The molecule has 7 heteroatoms. The molecule has 0 saturated carbocycles. The zero-order valence-electron chi connectivity index (χ0n) is 13.3. The van der Waals surface area contributed by atoms with Crippen LogP contribution in [0.1, 0.15) is 20.8 Å². The van der Waals surface area contributed by atoms with Crippen LogP contribution in [0.2, 0.25) is 0 Å². The number of rotatable bonds is 5. The molecule has 0 fully saturated rings. The van der Waals surface area contributed by atoms with E-state index in [1.807, 2.05) is 26.0 Å². The van der Waals surface area contributed by atoms with Crippen molar-refractivity contribution in [2.24, 2.45) is 5.92 Å². The Morgan fingerprint density at radius 1 is 0.870 bits per heavy atom. The van der Waals surface area contributed by atoms with Crippen molar-refractivity contribution in [1.29, 1.82) is 0 Å². The second kappa shape index (κ2) is 7.35. The highest BCUT2D eigenvalue weighted by atomic mass is 16.2. The van der Waals surface area contributed by atoms with Gasteiger partial charge in [-0.1, -0.05) is 13.8 Å². The number of hydrogen-bond acceptors (Lipinski definition) is 5. The Morgan fingerprint density at radius 3 is 1.96 bits per heavy atom. The lowest BCUT2D eigenvalue weighted by Crippen LogP contribution is -2.18. The second-order valence-electron chi connectivity index (χ2n) is 5.33. The molecule has 120 valence electrons. The molecule has 3 N–H and O–H groups in total. The molecule has 2 amide bonds. The highest BCUT2D eigenvalue weighted by Crippen LogP contribution is 2.18. The number of hydrogen-bond donors (Lipinski definition) is 3. The van der Waals surface area contributed by atoms with Gasteiger partial charge in [-0.05, 0) is 36.4 Å². The molecule has 23 heavy (non-hydrogen) atoms. The number of carbonyl (C=O) groups excluding carboxylic acids is 2. The van der Waals surface area contributed by atoms with Crippen LogP contribution in [-0.4, -0.2) is 22.0 Å². The summed E-state index contributed by atoms with van der Waals surface area (Å²) in [5.41, 5.74) is 1.54. The third-order valence-corrected chi connectivity index (χ3v) is 2.92. The van der Waals surface area contributed by atoms with Gasteiger partial charge in [-0.15, -0.1) is 10.2 Å². The molecule has 0 unspecified atom stereocenters. The monoisotopic (exact) mass is 313 g/mol. The third-order valence-electron chi connectivity index (χ3n) is 2.92. The molecule has 0 bridgehead atoms. The van der Waals surface area contributed by atoms with Crippen LogP contribution in [-0.2, 0) is 9.59 Å². The van der Waals surface area contributed by atoms with E-state index in [2.05, 4.69) is 26.1 Å². The number of anilines is 4. The van der Waals surface area contributed by atoms with Crippen molar-refractivity contribution in [2.45, 2.75) is 20.8 Å². The molecule has 0 atom stereocenters. The van der Waals surface area contributed by atoms with Crippen molar-refractivity contribution in [3.8, 4) is 0 Å². The van der Waals surface area contributed by atoms with Crippen LogP contribution in [0.4, 0.5) is 23.0 Å². The molecule has 1 heterocycles. The van der Waals surface area contributed by atoms with Gasteiger partial charge in [-0.2, -0.15) is 0 Å². The normalized spacial score (nSPS) is 10.3. The Kier molecular flexibility index (Phi) is 5.24. The van der Waals surface area contributed by atoms with Crippen LogP contribution in [0.5, 0.6) is 0 Å². The molecule has 0 spiro atoms. The number of nitrogens with one attached hydrogen (secondary N) is 3. The van der Waals surface area contributed by atoms with Crippen molar-refractivity contribution in [3.05, 3.63) is 36.4 Å². The summed E-state index contributed by atoms with van der Waals surface area (Å²) < 4.78 is 0. The topological polar surface area (TPSA) is 96.0 Å². The van der Waals surface area contributed by atoms with Gasteiger partial charge < -0.3 is 16.0 Å². The van der Waals surface area contributed by atoms with Crippen LogP contribution in [0.15, 0.2) is 36.4 Å². The van der Waals surface area contributed by atoms with Gasteiger partial charge in [0, 0.05) is 24.2 Å². The van der Waals surface area contributed by atoms with Gasteiger partial charge in [0.25, 0.3) is 0 Å². The summed E-state index contributed by atoms with van der Waals surface area (Å²) in [7, 11) is 0. The number of benzene rings is 1. The van der Waals surface area contributed by atoms with Gasteiger partial charge in [0.05, 0.1) is 0 Å². The zero-order chi connectivity index (χ0) is 16.8. The maximum Gasteiger partial charge on any atom is 0.228 e. The molecule has 0 aliphatic rings. The highest BCUT2D eigenvalue weighted by molar-refractivity contribution is 5.91. The van der Waals surface area contributed by atoms with Crippen LogP contribution in [0, 0.1) is 5.92 Å². The van der Waals surface area contributed by atoms with Gasteiger partial charge >= 0.3 is 0 Å². The van der Waals surface area contributed by atoms with Crippen molar-refractivity contribution in [1.82, 2.24) is 10.2 Å². The van der Waals surface area contributed by atoms with Crippen molar-refractivity contribution < 1.29 is 9.59 Å². The van der Waals surface area contributed by atoms with E-state index in [1.54, 1.807) is 24.3 Å². The largest absolute Gasteiger partial charge is 0.339 e. The summed E-state index contributed by atoms with van der Waals surface area (Å²) in [6.45, 7) is 5.08. The maximum atomic E-state index is 11.6. The fourth-order valence-corrected chi connectivity index (χ4v) is 1.72. The summed E-state index contributed by atoms with van der Waals surface area (Å²) >= 11 is 0. The lowest BCUT2D eigenvalue weighted by molar-refractivity contribution is -0.119. The van der Waals surface area contributed by atoms with Gasteiger partial charge in [0.1, 0.15) is 0 Å². The Hall–Kier alpha value is -2.96. The number of carbonyl (C=O) groups is 2. The van der Waals surface area contributed by atoms with Crippen molar-refractivity contribution in [2.75, 3.05) is 16.0 Å². The Bertz CT molecular complexity index is 681. The smallest absolute Gasteiger partial charge is 0.228 e. The average molecular weight is 313 g/mol.